The first-order valence-corrected chi connectivity index (χ1v) is 7.06. The van der Waals surface area contributed by atoms with E-state index in [1.54, 1.807) is 0 Å². The quantitative estimate of drug-likeness (QED) is 0.795. The van der Waals surface area contributed by atoms with E-state index >= 15 is 0 Å². The minimum atomic E-state index is 0.155. The highest BCUT2D eigenvalue weighted by molar-refractivity contribution is 4.99. The third kappa shape index (κ3) is 2.28. The molecular weight excluding hydrogens is 198 g/mol. The Hall–Kier alpha value is -0.0800. The van der Waals surface area contributed by atoms with Crippen LogP contribution in [0.3, 0.4) is 0 Å². The topological polar surface area (TPSA) is 23.5 Å². The summed E-state index contributed by atoms with van der Waals surface area (Å²) in [5.74, 6) is 1.71. The number of hydrogen-bond acceptors (Lipinski definition) is 2. The number of nitrogens with zero attached hydrogens (tertiary/aromatic N) is 1. The van der Waals surface area contributed by atoms with Crippen LogP contribution >= 0.6 is 0 Å². The molecule has 0 aromatic heterocycles. The van der Waals surface area contributed by atoms with Crippen LogP contribution in [-0.2, 0) is 0 Å². The van der Waals surface area contributed by atoms with Crippen LogP contribution in [0.4, 0.5) is 0 Å². The summed E-state index contributed by atoms with van der Waals surface area (Å²) in [4.78, 5) is 2.57. The molecule has 0 bridgehead atoms. The predicted octanol–water partition coefficient (Wildman–Crippen LogP) is 2.66. The molecule has 16 heavy (non-hydrogen) atoms. The highest BCUT2D eigenvalue weighted by Crippen LogP contribution is 2.40. The molecule has 1 saturated carbocycles. The van der Waals surface area contributed by atoms with E-state index in [0.717, 1.165) is 11.8 Å². The Labute approximate surface area is 100 Å². The minimum absolute atomic E-state index is 0.155. The van der Waals surface area contributed by atoms with Crippen molar-refractivity contribution in [2.24, 2.45) is 11.8 Å². The fourth-order valence-electron chi connectivity index (χ4n) is 3.71. The zero-order valence-corrected chi connectivity index (χ0v) is 10.9. The summed E-state index contributed by atoms with van der Waals surface area (Å²) in [6.07, 6.45) is 7.76. The lowest BCUT2D eigenvalue weighted by Gasteiger charge is -2.54. The summed E-state index contributed by atoms with van der Waals surface area (Å²) < 4.78 is 0. The SMILES string of the molecule is CCCC1CN(C2(CO)CCCC(C)C2)C1. The molecule has 2 atom stereocenters. The molecule has 1 aliphatic carbocycles. The molecule has 0 radical (unpaired) electrons. The standard InChI is InChI=1S/C14H27NO/c1-3-5-13-9-15(10-13)14(11-16)7-4-6-12(2)8-14/h12-13,16H,3-11H2,1-2H3. The lowest BCUT2D eigenvalue weighted by Crippen LogP contribution is -2.62. The van der Waals surface area contributed by atoms with Crippen LogP contribution in [0.25, 0.3) is 0 Å². The van der Waals surface area contributed by atoms with Crippen molar-refractivity contribution >= 4 is 0 Å². The lowest BCUT2D eigenvalue weighted by molar-refractivity contribution is -0.0767. The van der Waals surface area contributed by atoms with Crippen molar-refractivity contribution in [3.63, 3.8) is 0 Å². The zero-order valence-electron chi connectivity index (χ0n) is 10.9. The van der Waals surface area contributed by atoms with Gasteiger partial charge in [0.2, 0.25) is 0 Å². The van der Waals surface area contributed by atoms with Crippen molar-refractivity contribution in [1.29, 1.82) is 0 Å². The Morgan fingerprint density at radius 3 is 2.69 bits per heavy atom. The number of rotatable bonds is 4. The highest BCUT2D eigenvalue weighted by Gasteiger charge is 2.44. The first-order chi connectivity index (χ1) is 7.70. The number of likely N-dealkylation sites (tertiary alicyclic amines) is 1. The van der Waals surface area contributed by atoms with Gasteiger partial charge in [-0.3, -0.25) is 4.90 Å². The summed E-state index contributed by atoms with van der Waals surface area (Å²) in [5.41, 5.74) is 0.155. The number of aliphatic hydroxyl groups is 1. The van der Waals surface area contributed by atoms with Gasteiger partial charge in [-0.2, -0.15) is 0 Å². The van der Waals surface area contributed by atoms with Gasteiger partial charge in [-0.1, -0.05) is 33.1 Å². The lowest BCUT2D eigenvalue weighted by atomic mass is 9.73. The van der Waals surface area contributed by atoms with Crippen molar-refractivity contribution in [2.75, 3.05) is 19.7 Å². The molecule has 2 fully saturated rings. The first-order valence-electron chi connectivity index (χ1n) is 7.06. The summed E-state index contributed by atoms with van der Waals surface area (Å²) in [6.45, 7) is 7.46. The Bertz CT molecular complexity index is 225. The fraction of sp³-hybridized carbons (Fsp3) is 1.00. The van der Waals surface area contributed by atoms with E-state index in [1.807, 2.05) is 0 Å². The normalized spacial score (nSPS) is 37.3. The Balaban J connectivity index is 1.90. The van der Waals surface area contributed by atoms with Gasteiger partial charge in [0.1, 0.15) is 0 Å². The molecule has 94 valence electrons. The van der Waals surface area contributed by atoms with Gasteiger partial charge in [-0.15, -0.1) is 0 Å². The highest BCUT2D eigenvalue weighted by atomic mass is 16.3. The van der Waals surface area contributed by atoms with Crippen molar-refractivity contribution in [3.8, 4) is 0 Å². The van der Waals surface area contributed by atoms with E-state index < -0.39 is 0 Å². The molecule has 2 rings (SSSR count). The predicted molar refractivity (Wildman–Crippen MR) is 67.4 cm³/mol. The van der Waals surface area contributed by atoms with Crippen LogP contribution in [-0.4, -0.2) is 35.2 Å². The van der Waals surface area contributed by atoms with E-state index in [0.29, 0.717) is 6.61 Å². The summed E-state index contributed by atoms with van der Waals surface area (Å²) in [6, 6.07) is 0. The van der Waals surface area contributed by atoms with Crippen molar-refractivity contribution in [3.05, 3.63) is 0 Å². The van der Waals surface area contributed by atoms with E-state index in [-0.39, 0.29) is 5.54 Å². The van der Waals surface area contributed by atoms with Gasteiger partial charge in [0.15, 0.2) is 0 Å². The Morgan fingerprint density at radius 1 is 1.38 bits per heavy atom. The smallest absolute Gasteiger partial charge is 0.0615 e. The van der Waals surface area contributed by atoms with Crippen LogP contribution in [0.1, 0.15) is 52.4 Å². The molecule has 0 aromatic carbocycles. The maximum Gasteiger partial charge on any atom is 0.0615 e. The molecule has 2 nitrogen and oxygen atoms in total. The molecular formula is C14H27NO. The first kappa shape index (κ1) is 12.4. The van der Waals surface area contributed by atoms with E-state index in [9.17, 15) is 5.11 Å². The maximum absolute atomic E-state index is 9.77. The van der Waals surface area contributed by atoms with Crippen LogP contribution in [0.15, 0.2) is 0 Å². The second-order valence-electron chi connectivity index (χ2n) is 6.14. The zero-order chi connectivity index (χ0) is 11.6. The van der Waals surface area contributed by atoms with E-state index in [4.69, 9.17) is 0 Å². The number of hydrogen-bond donors (Lipinski definition) is 1. The van der Waals surface area contributed by atoms with Gasteiger partial charge in [-0.25, -0.2) is 0 Å². The molecule has 2 aliphatic rings. The van der Waals surface area contributed by atoms with Gasteiger partial charge in [0.05, 0.1) is 6.61 Å². The number of aliphatic hydroxyl groups excluding tert-OH is 1. The second kappa shape index (κ2) is 5.05. The summed E-state index contributed by atoms with van der Waals surface area (Å²) >= 11 is 0. The maximum atomic E-state index is 9.77. The molecule has 1 heterocycles. The van der Waals surface area contributed by atoms with Crippen LogP contribution in [0.5, 0.6) is 0 Å². The second-order valence-corrected chi connectivity index (χ2v) is 6.14. The largest absolute Gasteiger partial charge is 0.394 e. The van der Waals surface area contributed by atoms with Gasteiger partial charge in [-0.05, 0) is 31.1 Å². The van der Waals surface area contributed by atoms with Crippen molar-refractivity contribution in [1.82, 2.24) is 4.90 Å². The van der Waals surface area contributed by atoms with Gasteiger partial charge >= 0.3 is 0 Å². The summed E-state index contributed by atoms with van der Waals surface area (Å²) in [5, 5.41) is 9.77. The molecule has 0 amide bonds. The molecule has 0 aromatic rings. The van der Waals surface area contributed by atoms with Crippen LogP contribution in [0, 0.1) is 11.8 Å². The van der Waals surface area contributed by atoms with E-state index in [1.165, 1.54) is 51.6 Å². The van der Waals surface area contributed by atoms with Crippen molar-refractivity contribution in [2.45, 2.75) is 57.9 Å². The Morgan fingerprint density at radius 2 is 2.12 bits per heavy atom. The van der Waals surface area contributed by atoms with Gasteiger partial charge in [0.25, 0.3) is 0 Å². The molecule has 1 saturated heterocycles. The molecule has 2 unspecified atom stereocenters. The monoisotopic (exact) mass is 225 g/mol. The molecule has 1 aliphatic heterocycles. The van der Waals surface area contributed by atoms with Crippen LogP contribution < -0.4 is 0 Å². The molecule has 2 heteroatoms. The van der Waals surface area contributed by atoms with Gasteiger partial charge in [0, 0.05) is 18.6 Å². The third-order valence-electron chi connectivity index (χ3n) is 4.69. The minimum Gasteiger partial charge on any atom is -0.394 e. The third-order valence-corrected chi connectivity index (χ3v) is 4.69. The van der Waals surface area contributed by atoms with E-state index in [2.05, 4.69) is 18.7 Å². The van der Waals surface area contributed by atoms with Crippen LogP contribution in [0.2, 0.25) is 0 Å². The Kier molecular flexibility index (Phi) is 3.91. The van der Waals surface area contributed by atoms with Crippen molar-refractivity contribution < 1.29 is 5.11 Å². The van der Waals surface area contributed by atoms with Gasteiger partial charge < -0.3 is 5.11 Å². The average molecular weight is 225 g/mol. The average Bonchev–Trinajstić information content (AvgIpc) is 2.22. The molecule has 1 N–H and O–H groups in total. The fourth-order valence-corrected chi connectivity index (χ4v) is 3.71. The molecule has 0 spiro atoms. The summed E-state index contributed by atoms with van der Waals surface area (Å²) in [7, 11) is 0.